The van der Waals surface area contributed by atoms with E-state index in [9.17, 15) is 9.59 Å². The van der Waals surface area contributed by atoms with E-state index in [4.69, 9.17) is 4.74 Å². The molecule has 5 rings (SSSR count). The third kappa shape index (κ3) is 2.92. The summed E-state index contributed by atoms with van der Waals surface area (Å²) in [6.45, 7) is 1.13. The monoisotopic (exact) mass is 430 g/mol. The summed E-state index contributed by atoms with van der Waals surface area (Å²) in [5.74, 6) is 0. The number of hydrogen-bond donors (Lipinski definition) is 0. The van der Waals surface area contributed by atoms with Crippen LogP contribution >= 0.6 is 0 Å². The van der Waals surface area contributed by atoms with Gasteiger partial charge in [-0.3, -0.25) is 13.9 Å². The van der Waals surface area contributed by atoms with E-state index in [1.807, 2.05) is 49.3 Å². The number of aryl methyl sites for hydroxylation is 1. The number of nitrogens with zero attached hydrogens (tertiary/aromatic N) is 4. The summed E-state index contributed by atoms with van der Waals surface area (Å²) in [6.07, 6.45) is -0.377. The lowest BCUT2D eigenvalue weighted by Gasteiger charge is -2.28. The molecule has 0 saturated heterocycles. The molecule has 0 saturated carbocycles. The molecule has 0 spiro atoms. The van der Waals surface area contributed by atoms with Gasteiger partial charge in [0.2, 0.25) is 0 Å². The van der Waals surface area contributed by atoms with Gasteiger partial charge in [-0.2, -0.15) is 0 Å². The molecule has 0 amide bonds. The maximum atomic E-state index is 13.4. The van der Waals surface area contributed by atoms with E-state index in [-0.39, 0.29) is 17.4 Å². The topological polar surface area (TPSA) is 61.4 Å². The first-order chi connectivity index (χ1) is 15.4. The fourth-order valence-corrected chi connectivity index (χ4v) is 4.68. The van der Waals surface area contributed by atoms with Crippen molar-refractivity contribution in [3.63, 3.8) is 0 Å². The van der Waals surface area contributed by atoms with Crippen molar-refractivity contribution in [2.75, 3.05) is 25.6 Å². The van der Waals surface area contributed by atoms with Crippen molar-refractivity contribution < 1.29 is 4.74 Å². The van der Waals surface area contributed by atoms with Crippen LogP contribution in [0.15, 0.2) is 64.2 Å². The minimum atomic E-state index is -0.377. The number of aromatic nitrogens is 3. The zero-order valence-electron chi connectivity index (χ0n) is 18.7. The van der Waals surface area contributed by atoms with Crippen LogP contribution in [0.2, 0.25) is 0 Å². The third-order valence-corrected chi connectivity index (χ3v) is 6.31. The van der Waals surface area contributed by atoms with Crippen LogP contribution in [0, 0.1) is 0 Å². The average molecular weight is 431 g/mol. The maximum Gasteiger partial charge on any atom is 0.331 e. The number of rotatable bonds is 3. The second kappa shape index (κ2) is 7.53. The minimum absolute atomic E-state index is 0.287. The number of fused-ring (bicyclic) bond motifs is 3. The van der Waals surface area contributed by atoms with Gasteiger partial charge >= 0.3 is 5.69 Å². The molecule has 3 heterocycles. The van der Waals surface area contributed by atoms with Gasteiger partial charge in [0.05, 0.1) is 28.9 Å². The maximum absolute atomic E-state index is 13.4. The van der Waals surface area contributed by atoms with Gasteiger partial charge in [-0.05, 0) is 23.3 Å². The van der Waals surface area contributed by atoms with E-state index in [1.165, 1.54) is 11.6 Å². The van der Waals surface area contributed by atoms with Crippen LogP contribution in [0.4, 0.5) is 5.69 Å². The number of ether oxygens (including phenoxy) is 1. The van der Waals surface area contributed by atoms with E-state index in [0.717, 1.165) is 28.2 Å². The van der Waals surface area contributed by atoms with Crippen molar-refractivity contribution in [1.82, 2.24) is 13.7 Å². The average Bonchev–Trinajstić information content (AvgIpc) is 3.17. The van der Waals surface area contributed by atoms with Crippen molar-refractivity contribution in [3.8, 4) is 11.3 Å². The van der Waals surface area contributed by atoms with Crippen molar-refractivity contribution in [3.05, 3.63) is 86.7 Å². The molecule has 0 N–H and O–H groups in total. The Morgan fingerprint density at radius 2 is 1.62 bits per heavy atom. The molecule has 164 valence electrons. The predicted octanol–water partition coefficient (Wildman–Crippen LogP) is 2.89. The molecule has 1 unspecified atom stereocenters. The predicted molar refractivity (Wildman–Crippen MR) is 126 cm³/mol. The zero-order valence-corrected chi connectivity index (χ0v) is 18.7. The first-order valence-electron chi connectivity index (χ1n) is 10.7. The lowest BCUT2D eigenvalue weighted by molar-refractivity contribution is 0.0478. The molecule has 7 heteroatoms. The second-order valence-electron chi connectivity index (χ2n) is 8.42. The Kier molecular flexibility index (Phi) is 4.78. The molecule has 32 heavy (non-hydrogen) atoms. The largest absolute Gasteiger partial charge is 0.378 e. The number of benzene rings is 2. The van der Waals surface area contributed by atoms with E-state index >= 15 is 0 Å². The van der Waals surface area contributed by atoms with Crippen molar-refractivity contribution >= 4 is 16.6 Å². The van der Waals surface area contributed by atoms with Crippen molar-refractivity contribution in [1.29, 1.82) is 0 Å². The van der Waals surface area contributed by atoms with Crippen LogP contribution in [0.25, 0.3) is 22.2 Å². The summed E-state index contributed by atoms with van der Waals surface area (Å²) in [6, 6.07) is 18.1. The molecule has 2 aromatic heterocycles. The van der Waals surface area contributed by atoms with Crippen LogP contribution in [-0.2, 0) is 25.4 Å². The smallest absolute Gasteiger partial charge is 0.331 e. The van der Waals surface area contributed by atoms with Crippen LogP contribution in [-0.4, -0.2) is 34.4 Å². The summed E-state index contributed by atoms with van der Waals surface area (Å²) >= 11 is 0. The van der Waals surface area contributed by atoms with E-state index in [2.05, 4.69) is 28.8 Å². The van der Waals surface area contributed by atoms with Crippen LogP contribution in [0.3, 0.4) is 0 Å². The van der Waals surface area contributed by atoms with Crippen LogP contribution < -0.4 is 16.1 Å². The van der Waals surface area contributed by atoms with Crippen molar-refractivity contribution in [2.24, 2.45) is 14.1 Å². The highest BCUT2D eigenvalue weighted by Gasteiger charge is 2.33. The SMILES string of the molecule is CN(C)c1ccc(C2OCCn3c(-c4ccccc4)c4c(=O)n(C)c(=O)n(C)c4c32)cc1. The molecular weight excluding hydrogens is 404 g/mol. The van der Waals surface area contributed by atoms with E-state index < -0.39 is 0 Å². The normalized spacial score (nSPS) is 15.7. The fourth-order valence-electron chi connectivity index (χ4n) is 4.68. The molecule has 0 aliphatic carbocycles. The lowest BCUT2D eigenvalue weighted by Crippen LogP contribution is -2.37. The summed E-state index contributed by atoms with van der Waals surface area (Å²) in [4.78, 5) is 28.3. The Morgan fingerprint density at radius 1 is 0.938 bits per heavy atom. The Balaban J connectivity index is 1.87. The Hall–Kier alpha value is -3.58. The molecule has 0 fully saturated rings. The zero-order chi connectivity index (χ0) is 22.6. The molecular formula is C25H26N4O3. The molecule has 1 aliphatic heterocycles. The summed E-state index contributed by atoms with van der Waals surface area (Å²) < 4.78 is 11.2. The lowest BCUT2D eigenvalue weighted by atomic mass is 10.0. The van der Waals surface area contributed by atoms with Gasteiger partial charge in [0.1, 0.15) is 6.10 Å². The third-order valence-electron chi connectivity index (χ3n) is 6.31. The second-order valence-corrected chi connectivity index (χ2v) is 8.42. The highest BCUT2D eigenvalue weighted by atomic mass is 16.5. The van der Waals surface area contributed by atoms with Crippen LogP contribution in [0.5, 0.6) is 0 Å². The molecule has 0 bridgehead atoms. The van der Waals surface area contributed by atoms with Gasteiger partial charge < -0.3 is 14.2 Å². The first-order valence-corrected chi connectivity index (χ1v) is 10.7. The molecule has 4 aromatic rings. The fraction of sp³-hybridized carbons (Fsp3) is 0.280. The van der Waals surface area contributed by atoms with E-state index in [0.29, 0.717) is 24.1 Å². The van der Waals surface area contributed by atoms with Crippen molar-refractivity contribution in [2.45, 2.75) is 12.6 Å². The first kappa shape index (κ1) is 20.3. The molecule has 1 aliphatic rings. The summed E-state index contributed by atoms with van der Waals surface area (Å²) in [7, 11) is 7.26. The van der Waals surface area contributed by atoms with Gasteiger partial charge in [0, 0.05) is 40.4 Å². The van der Waals surface area contributed by atoms with Gasteiger partial charge in [0.25, 0.3) is 5.56 Å². The van der Waals surface area contributed by atoms with Gasteiger partial charge in [-0.15, -0.1) is 0 Å². The Labute approximate surface area is 185 Å². The quantitative estimate of drug-likeness (QED) is 0.502. The van der Waals surface area contributed by atoms with E-state index in [1.54, 1.807) is 11.6 Å². The Morgan fingerprint density at radius 3 is 2.28 bits per heavy atom. The van der Waals surface area contributed by atoms with Crippen LogP contribution in [0.1, 0.15) is 17.4 Å². The molecule has 7 nitrogen and oxygen atoms in total. The standard InChI is InChI=1S/C25H26N4O3/c1-26(2)18-12-10-17(11-13-18)23-22-21-19(24(30)28(4)25(31)27(21)3)20(29(22)14-15-32-23)16-8-6-5-7-9-16/h5-13,23H,14-15H2,1-4H3. The molecule has 1 atom stereocenters. The number of anilines is 1. The highest BCUT2D eigenvalue weighted by Crippen LogP contribution is 2.40. The summed E-state index contributed by atoms with van der Waals surface area (Å²) in [5, 5.41) is 0.552. The van der Waals surface area contributed by atoms with Gasteiger partial charge in [-0.1, -0.05) is 42.5 Å². The Bertz CT molecular complexity index is 1430. The van der Waals surface area contributed by atoms with Gasteiger partial charge in [-0.25, -0.2) is 4.79 Å². The number of hydrogen-bond acceptors (Lipinski definition) is 4. The highest BCUT2D eigenvalue weighted by molar-refractivity contribution is 5.96. The molecule has 0 radical (unpaired) electrons. The molecule has 2 aromatic carbocycles. The summed E-state index contributed by atoms with van der Waals surface area (Å²) in [5.41, 5.74) is 4.72. The van der Waals surface area contributed by atoms with Gasteiger partial charge in [0.15, 0.2) is 0 Å². The minimum Gasteiger partial charge on any atom is -0.378 e.